The number of carbonyl (C=O) groups is 8. The molecule has 1 fully saturated rings. The Bertz CT molecular complexity index is 1150. The normalized spacial score (nSPS) is 16.8. The Labute approximate surface area is 275 Å². The molecule has 0 aromatic carbocycles. The lowest BCUT2D eigenvalue weighted by Gasteiger charge is -2.25. The van der Waals surface area contributed by atoms with Gasteiger partial charge in [0.25, 0.3) is 0 Å². The number of carbonyl (C=O) groups excluding carboxylic acids is 7. The van der Waals surface area contributed by atoms with E-state index in [4.69, 9.17) is 10.8 Å². The summed E-state index contributed by atoms with van der Waals surface area (Å²) in [6.07, 6.45) is 1.81. The van der Waals surface area contributed by atoms with E-state index in [0.717, 1.165) is 0 Å². The molecule has 1 heterocycles. The van der Waals surface area contributed by atoms with E-state index in [9.17, 15) is 38.4 Å². The number of rotatable bonds is 19. The van der Waals surface area contributed by atoms with Gasteiger partial charge in [-0.3, -0.25) is 33.6 Å². The zero-order chi connectivity index (χ0) is 35.8. The van der Waals surface area contributed by atoms with Crippen LogP contribution in [0.1, 0.15) is 67.2 Å². The molecule has 0 aliphatic carbocycles. The number of carboxylic acids is 1. The largest absolute Gasteiger partial charge is 0.480 e. The third-order valence-electron chi connectivity index (χ3n) is 7.75. The van der Waals surface area contributed by atoms with E-state index in [-0.39, 0.29) is 37.3 Å². The van der Waals surface area contributed by atoms with Crippen LogP contribution in [0.2, 0.25) is 0 Å². The van der Waals surface area contributed by atoms with Gasteiger partial charge in [0, 0.05) is 6.54 Å². The molecular formula is C30H52N8O9. The molecule has 47 heavy (non-hydrogen) atoms. The number of hydrogen-bond donors (Lipinski definition) is 8. The maximum atomic E-state index is 13.0. The van der Waals surface area contributed by atoms with E-state index in [1.807, 2.05) is 27.7 Å². The number of nitrogens with zero attached hydrogens (tertiary/aromatic N) is 1. The summed E-state index contributed by atoms with van der Waals surface area (Å²) in [6.45, 7) is 9.16. The number of likely N-dealkylation sites (tertiary alicyclic amines) is 1. The SMILES string of the molecule is CC[C@H](C)[C@H](N)C(=O)NCC(=O)N[C@@H](CC(C)C)C(=O)NCC(=O)N1CCC[C@H]1C(=O)NCC(=O)NCC(=O)N[C@H](C(=O)O)C(C)C. The number of hydrogen-bond acceptors (Lipinski definition) is 9. The molecule has 0 unspecified atom stereocenters. The highest BCUT2D eigenvalue weighted by molar-refractivity contribution is 5.95. The molecule has 0 bridgehead atoms. The zero-order valence-corrected chi connectivity index (χ0v) is 28.1. The van der Waals surface area contributed by atoms with Crippen LogP contribution >= 0.6 is 0 Å². The summed E-state index contributed by atoms with van der Waals surface area (Å²) >= 11 is 0. The van der Waals surface area contributed by atoms with Crippen LogP contribution in [-0.2, 0) is 38.4 Å². The van der Waals surface area contributed by atoms with Crippen molar-refractivity contribution in [2.45, 2.75) is 91.4 Å². The Morgan fingerprint density at radius 2 is 1.36 bits per heavy atom. The van der Waals surface area contributed by atoms with Gasteiger partial charge in [0.2, 0.25) is 41.4 Å². The molecule has 7 amide bonds. The van der Waals surface area contributed by atoms with Gasteiger partial charge in [0.15, 0.2) is 0 Å². The first-order valence-corrected chi connectivity index (χ1v) is 15.9. The Balaban J connectivity index is 2.61. The molecule has 5 atom stereocenters. The summed E-state index contributed by atoms with van der Waals surface area (Å²) in [5.41, 5.74) is 5.89. The van der Waals surface area contributed by atoms with E-state index >= 15 is 0 Å². The van der Waals surface area contributed by atoms with Crippen LogP contribution in [0.3, 0.4) is 0 Å². The Morgan fingerprint density at radius 3 is 1.94 bits per heavy atom. The Morgan fingerprint density at radius 1 is 0.787 bits per heavy atom. The van der Waals surface area contributed by atoms with Gasteiger partial charge in [-0.2, -0.15) is 0 Å². The smallest absolute Gasteiger partial charge is 0.326 e. The van der Waals surface area contributed by atoms with Gasteiger partial charge in [-0.05, 0) is 37.0 Å². The first-order chi connectivity index (χ1) is 22.0. The van der Waals surface area contributed by atoms with Crippen LogP contribution in [0.15, 0.2) is 0 Å². The minimum Gasteiger partial charge on any atom is -0.480 e. The number of carboxylic acid groups (broad SMARTS) is 1. The molecule has 1 aliphatic rings. The van der Waals surface area contributed by atoms with Crippen molar-refractivity contribution in [3.63, 3.8) is 0 Å². The Kier molecular flexibility index (Phi) is 17.4. The predicted molar refractivity (Wildman–Crippen MR) is 170 cm³/mol. The van der Waals surface area contributed by atoms with Crippen LogP contribution in [0.25, 0.3) is 0 Å². The van der Waals surface area contributed by atoms with Crippen molar-refractivity contribution in [3.8, 4) is 0 Å². The molecule has 9 N–H and O–H groups in total. The van der Waals surface area contributed by atoms with Gasteiger partial charge >= 0.3 is 5.97 Å². The van der Waals surface area contributed by atoms with Gasteiger partial charge in [0.05, 0.1) is 32.2 Å². The molecule has 0 saturated carbocycles. The number of nitrogens with one attached hydrogen (secondary N) is 6. The van der Waals surface area contributed by atoms with Crippen molar-refractivity contribution in [2.24, 2.45) is 23.5 Å². The van der Waals surface area contributed by atoms with E-state index in [0.29, 0.717) is 19.3 Å². The fourth-order valence-corrected chi connectivity index (χ4v) is 4.74. The van der Waals surface area contributed by atoms with Gasteiger partial charge in [0.1, 0.15) is 18.1 Å². The molecule has 0 radical (unpaired) electrons. The number of nitrogens with two attached hydrogens (primary N) is 1. The first-order valence-electron chi connectivity index (χ1n) is 15.9. The highest BCUT2D eigenvalue weighted by Gasteiger charge is 2.34. The summed E-state index contributed by atoms with van der Waals surface area (Å²) < 4.78 is 0. The molecular weight excluding hydrogens is 616 g/mol. The fourth-order valence-electron chi connectivity index (χ4n) is 4.74. The molecule has 1 aliphatic heterocycles. The summed E-state index contributed by atoms with van der Waals surface area (Å²) in [5.74, 6) is -5.84. The van der Waals surface area contributed by atoms with Crippen LogP contribution in [0, 0.1) is 17.8 Å². The monoisotopic (exact) mass is 668 g/mol. The van der Waals surface area contributed by atoms with Crippen molar-refractivity contribution in [3.05, 3.63) is 0 Å². The topological polar surface area (TPSA) is 258 Å². The number of aliphatic carboxylic acids is 1. The van der Waals surface area contributed by atoms with E-state index in [1.54, 1.807) is 13.8 Å². The van der Waals surface area contributed by atoms with Crippen molar-refractivity contribution in [1.29, 1.82) is 0 Å². The molecule has 17 heteroatoms. The van der Waals surface area contributed by atoms with Crippen molar-refractivity contribution in [1.82, 2.24) is 36.8 Å². The van der Waals surface area contributed by atoms with Crippen LogP contribution in [0.4, 0.5) is 0 Å². The minimum absolute atomic E-state index is 0.00936. The molecule has 1 rings (SSSR count). The maximum absolute atomic E-state index is 13.0. The summed E-state index contributed by atoms with van der Waals surface area (Å²) in [5, 5.41) is 23.8. The molecule has 0 spiro atoms. The average Bonchev–Trinajstić information content (AvgIpc) is 3.51. The van der Waals surface area contributed by atoms with Crippen LogP contribution < -0.4 is 37.6 Å². The standard InChI is InChI=1S/C30H52N8O9/c1-7-18(6)25(31)29(45)34-14-22(40)36-19(11-16(2)3)27(43)35-15-24(42)38-10-8-9-20(38)28(44)33-12-21(39)32-13-23(41)37-26(17(4)5)30(46)47/h16-20,25-26H,7-15,31H2,1-6H3,(H,32,39)(H,33,44)(H,34,45)(H,35,43)(H,36,40)(H,37,41)(H,46,47)/t18-,19-,20-,25-,26-/m0/s1. The maximum Gasteiger partial charge on any atom is 0.326 e. The lowest BCUT2D eigenvalue weighted by atomic mass is 9.99. The van der Waals surface area contributed by atoms with Gasteiger partial charge < -0.3 is 47.6 Å². The molecule has 17 nitrogen and oxygen atoms in total. The van der Waals surface area contributed by atoms with Gasteiger partial charge in [-0.25, -0.2) is 4.79 Å². The summed E-state index contributed by atoms with van der Waals surface area (Å²) in [4.78, 5) is 100. The number of amides is 7. The first kappa shape index (κ1) is 40.7. The van der Waals surface area contributed by atoms with Crippen molar-refractivity contribution in [2.75, 3.05) is 32.7 Å². The predicted octanol–water partition coefficient (Wildman–Crippen LogP) is -2.43. The van der Waals surface area contributed by atoms with E-state index in [1.165, 1.54) is 4.90 Å². The van der Waals surface area contributed by atoms with E-state index < -0.39 is 91.1 Å². The van der Waals surface area contributed by atoms with Gasteiger partial charge in [-0.15, -0.1) is 0 Å². The van der Waals surface area contributed by atoms with Crippen molar-refractivity contribution < 1.29 is 43.5 Å². The fraction of sp³-hybridized carbons (Fsp3) is 0.733. The summed E-state index contributed by atoms with van der Waals surface area (Å²) in [6, 6.07) is -3.75. The van der Waals surface area contributed by atoms with Crippen molar-refractivity contribution >= 4 is 47.3 Å². The summed E-state index contributed by atoms with van der Waals surface area (Å²) in [7, 11) is 0. The van der Waals surface area contributed by atoms with E-state index in [2.05, 4.69) is 31.9 Å². The van der Waals surface area contributed by atoms with Crippen LogP contribution in [-0.4, -0.2) is 114 Å². The molecule has 0 aromatic rings. The Hall–Kier alpha value is -4.28. The third-order valence-corrected chi connectivity index (χ3v) is 7.75. The highest BCUT2D eigenvalue weighted by atomic mass is 16.4. The molecule has 266 valence electrons. The lowest BCUT2D eigenvalue weighted by Crippen LogP contribution is -2.54. The molecule has 0 aromatic heterocycles. The average molecular weight is 669 g/mol. The quantitative estimate of drug-likeness (QED) is 0.0722. The second kappa shape index (κ2) is 20.1. The van der Waals surface area contributed by atoms with Crippen LogP contribution in [0.5, 0.6) is 0 Å². The lowest BCUT2D eigenvalue weighted by molar-refractivity contribution is -0.143. The highest BCUT2D eigenvalue weighted by Crippen LogP contribution is 2.17. The third kappa shape index (κ3) is 14.4. The minimum atomic E-state index is -1.20. The van der Waals surface area contributed by atoms with Gasteiger partial charge in [-0.1, -0.05) is 48.0 Å². The zero-order valence-electron chi connectivity index (χ0n) is 28.1. The second-order valence-corrected chi connectivity index (χ2v) is 12.5. The molecule has 1 saturated heterocycles. The second-order valence-electron chi connectivity index (χ2n) is 12.5.